The van der Waals surface area contributed by atoms with Crippen LogP contribution in [0.3, 0.4) is 0 Å². The van der Waals surface area contributed by atoms with Gasteiger partial charge in [0.25, 0.3) is 0 Å². The highest BCUT2D eigenvalue weighted by atomic mass is 28.4. The molecular weight excluding hydrogens is 305 g/mol. The van der Waals surface area contributed by atoms with E-state index in [1.54, 1.807) is 6.21 Å². The second-order valence-corrected chi connectivity index (χ2v) is 13.1. The zero-order chi connectivity index (χ0) is 17.3. The summed E-state index contributed by atoms with van der Waals surface area (Å²) in [6, 6.07) is 6.66. The smallest absolute Gasteiger partial charge is 0.192 e. The molecule has 128 valence electrons. The maximum absolute atomic E-state index is 13.2. The molecule has 1 aliphatic rings. The average Bonchev–Trinajstić information content (AvgIpc) is 2.48. The predicted molar refractivity (Wildman–Crippen MR) is 97.4 cm³/mol. The summed E-state index contributed by atoms with van der Waals surface area (Å²) >= 11 is 0. The Morgan fingerprint density at radius 2 is 1.70 bits per heavy atom. The summed E-state index contributed by atoms with van der Waals surface area (Å²) in [4.78, 5) is 0. The van der Waals surface area contributed by atoms with Crippen LogP contribution in [0.5, 0.6) is 0 Å². The van der Waals surface area contributed by atoms with Crippen LogP contribution >= 0.6 is 0 Å². The Labute approximate surface area is 141 Å². The number of nitrogens with one attached hydrogen (secondary N) is 1. The molecule has 0 heterocycles. The summed E-state index contributed by atoms with van der Waals surface area (Å²) in [6.07, 6.45) is 5.61. The van der Waals surface area contributed by atoms with Crippen molar-refractivity contribution >= 4 is 14.5 Å². The molecule has 0 aromatic heterocycles. The maximum atomic E-state index is 13.2. The highest BCUT2D eigenvalue weighted by Gasteiger charge is 2.42. The highest BCUT2D eigenvalue weighted by Crippen LogP contribution is 2.43. The third-order valence-electron chi connectivity index (χ3n) is 5.79. The van der Waals surface area contributed by atoms with Crippen LogP contribution in [0.25, 0.3) is 0 Å². The van der Waals surface area contributed by atoms with Crippen LogP contribution in [-0.2, 0) is 9.84 Å². The first kappa shape index (κ1) is 18.3. The standard InChI is InChI=1S/C19H30FNOSi/c1-18(2,3)23(4,5)22-17-10-12-19(14-21,13-11-17)15-6-8-16(20)9-7-15/h6-9,14,17,21H,10-13H2,1-5H3/t17-,19-. The molecule has 0 saturated heterocycles. The Kier molecular flexibility index (Phi) is 5.17. The van der Waals surface area contributed by atoms with E-state index in [0.29, 0.717) is 6.10 Å². The molecular formula is C19H30FNOSi. The van der Waals surface area contributed by atoms with Crippen LogP contribution < -0.4 is 0 Å². The molecule has 1 N–H and O–H groups in total. The first-order chi connectivity index (χ1) is 10.6. The Morgan fingerprint density at radius 3 is 2.13 bits per heavy atom. The minimum atomic E-state index is -1.74. The molecule has 0 aliphatic heterocycles. The van der Waals surface area contributed by atoms with Crippen molar-refractivity contribution in [3.05, 3.63) is 35.6 Å². The second-order valence-electron chi connectivity index (χ2n) is 8.38. The summed E-state index contributed by atoms with van der Waals surface area (Å²) in [6.45, 7) is 11.4. The van der Waals surface area contributed by atoms with Gasteiger partial charge in [0.05, 0.1) is 0 Å². The number of benzene rings is 1. The SMILES string of the molecule is CC(C)(C)[Si](C)(C)O[C@H]1CC[C@](C=N)(c2ccc(F)cc2)CC1. The molecule has 1 aromatic rings. The van der Waals surface area contributed by atoms with Crippen LogP contribution in [0.15, 0.2) is 24.3 Å². The lowest BCUT2D eigenvalue weighted by atomic mass is 9.69. The molecule has 1 saturated carbocycles. The monoisotopic (exact) mass is 335 g/mol. The summed E-state index contributed by atoms with van der Waals surface area (Å²) in [5.74, 6) is -0.219. The molecule has 1 fully saturated rings. The van der Waals surface area contributed by atoms with Crippen LogP contribution in [-0.4, -0.2) is 20.6 Å². The first-order valence-corrected chi connectivity index (χ1v) is 11.5. The number of hydrogen-bond donors (Lipinski definition) is 1. The zero-order valence-electron chi connectivity index (χ0n) is 15.1. The van der Waals surface area contributed by atoms with E-state index in [0.717, 1.165) is 31.2 Å². The lowest BCUT2D eigenvalue weighted by Gasteiger charge is -2.43. The van der Waals surface area contributed by atoms with Crippen molar-refractivity contribution in [1.29, 1.82) is 5.41 Å². The van der Waals surface area contributed by atoms with Crippen molar-refractivity contribution in [2.45, 2.75) is 76.1 Å². The quantitative estimate of drug-likeness (QED) is 0.557. The molecule has 2 nitrogen and oxygen atoms in total. The highest BCUT2D eigenvalue weighted by molar-refractivity contribution is 6.74. The van der Waals surface area contributed by atoms with Gasteiger partial charge in [0, 0.05) is 17.7 Å². The van der Waals surface area contributed by atoms with E-state index in [-0.39, 0.29) is 16.3 Å². The summed E-state index contributed by atoms with van der Waals surface area (Å²) < 4.78 is 19.7. The maximum Gasteiger partial charge on any atom is 0.192 e. The van der Waals surface area contributed by atoms with Crippen molar-refractivity contribution < 1.29 is 8.82 Å². The Hall–Kier alpha value is -1.00. The molecule has 0 amide bonds. The van der Waals surface area contributed by atoms with Gasteiger partial charge < -0.3 is 9.84 Å². The fraction of sp³-hybridized carbons (Fsp3) is 0.632. The third-order valence-corrected chi connectivity index (χ3v) is 10.3. The fourth-order valence-corrected chi connectivity index (χ4v) is 4.54. The molecule has 4 heteroatoms. The predicted octanol–water partition coefficient (Wildman–Crippen LogP) is 5.68. The van der Waals surface area contributed by atoms with Crippen molar-refractivity contribution in [1.82, 2.24) is 0 Å². The molecule has 1 aliphatic carbocycles. The van der Waals surface area contributed by atoms with Gasteiger partial charge in [0.2, 0.25) is 0 Å². The van der Waals surface area contributed by atoms with Gasteiger partial charge in [-0.2, -0.15) is 0 Å². The average molecular weight is 336 g/mol. The molecule has 0 spiro atoms. The van der Waals surface area contributed by atoms with Gasteiger partial charge in [0.15, 0.2) is 8.32 Å². The topological polar surface area (TPSA) is 33.1 Å². The second kappa shape index (κ2) is 6.48. The molecule has 23 heavy (non-hydrogen) atoms. The number of halogens is 1. The molecule has 0 unspecified atom stereocenters. The molecule has 0 atom stereocenters. The molecule has 1 aromatic carbocycles. The lowest BCUT2D eigenvalue weighted by molar-refractivity contribution is 0.121. The van der Waals surface area contributed by atoms with Gasteiger partial charge in [-0.1, -0.05) is 32.9 Å². The van der Waals surface area contributed by atoms with E-state index in [4.69, 9.17) is 9.84 Å². The van der Waals surface area contributed by atoms with Crippen molar-refractivity contribution in [2.24, 2.45) is 0 Å². The van der Waals surface area contributed by atoms with E-state index in [1.807, 2.05) is 12.1 Å². The largest absolute Gasteiger partial charge is 0.414 e. The van der Waals surface area contributed by atoms with E-state index >= 15 is 0 Å². The van der Waals surface area contributed by atoms with Crippen molar-refractivity contribution in [3.63, 3.8) is 0 Å². The summed E-state index contributed by atoms with van der Waals surface area (Å²) in [7, 11) is -1.74. The van der Waals surface area contributed by atoms with Crippen molar-refractivity contribution in [2.75, 3.05) is 0 Å². The Morgan fingerprint density at radius 1 is 1.17 bits per heavy atom. The van der Waals surface area contributed by atoms with E-state index in [9.17, 15) is 4.39 Å². The van der Waals surface area contributed by atoms with Gasteiger partial charge in [-0.3, -0.25) is 0 Å². The summed E-state index contributed by atoms with van der Waals surface area (Å²) in [5, 5.41) is 8.15. The fourth-order valence-electron chi connectivity index (χ4n) is 3.12. The number of hydrogen-bond acceptors (Lipinski definition) is 2. The van der Waals surface area contributed by atoms with Gasteiger partial charge in [-0.05, 0) is 61.5 Å². The van der Waals surface area contributed by atoms with E-state index in [2.05, 4.69) is 33.9 Å². The van der Waals surface area contributed by atoms with Gasteiger partial charge >= 0.3 is 0 Å². The van der Waals surface area contributed by atoms with Crippen LogP contribution in [0.4, 0.5) is 4.39 Å². The minimum absolute atomic E-state index is 0.219. The molecule has 0 bridgehead atoms. The van der Waals surface area contributed by atoms with E-state index in [1.165, 1.54) is 12.1 Å². The van der Waals surface area contributed by atoms with Gasteiger partial charge in [-0.25, -0.2) is 4.39 Å². The van der Waals surface area contributed by atoms with Crippen LogP contribution in [0.1, 0.15) is 52.0 Å². The minimum Gasteiger partial charge on any atom is -0.414 e. The number of rotatable bonds is 4. The van der Waals surface area contributed by atoms with Gasteiger partial charge in [-0.15, -0.1) is 0 Å². The Bertz CT molecular complexity index is 539. The van der Waals surface area contributed by atoms with Crippen LogP contribution in [0.2, 0.25) is 18.1 Å². The third kappa shape index (κ3) is 3.91. The molecule has 0 radical (unpaired) electrons. The van der Waals surface area contributed by atoms with Crippen molar-refractivity contribution in [3.8, 4) is 0 Å². The zero-order valence-corrected chi connectivity index (χ0v) is 16.1. The Balaban J connectivity index is 2.07. The summed E-state index contributed by atoms with van der Waals surface area (Å²) in [5.41, 5.74) is 0.806. The molecule has 2 rings (SSSR count). The normalized spacial score (nSPS) is 26.1. The van der Waals surface area contributed by atoms with Gasteiger partial charge in [0.1, 0.15) is 5.82 Å². The van der Waals surface area contributed by atoms with E-state index < -0.39 is 8.32 Å². The first-order valence-electron chi connectivity index (χ1n) is 8.55. The van der Waals surface area contributed by atoms with Crippen LogP contribution in [0, 0.1) is 11.2 Å². The lowest BCUT2D eigenvalue weighted by Crippen LogP contribution is -2.46.